The fraction of sp³-hybridized carbons (Fsp3) is 0.188. The SMILES string of the molecule is O=C(O)CCc1cc(Cl)c(OCc2ccccc2Cl)c(Br)c1. The Labute approximate surface area is 146 Å². The van der Waals surface area contributed by atoms with Gasteiger partial charge in [-0.05, 0) is 46.1 Å². The van der Waals surface area contributed by atoms with Crippen LogP contribution in [0.1, 0.15) is 17.5 Å². The third-order valence-electron chi connectivity index (χ3n) is 3.02. The molecule has 0 amide bonds. The van der Waals surface area contributed by atoms with Gasteiger partial charge in [-0.15, -0.1) is 0 Å². The lowest BCUT2D eigenvalue weighted by Gasteiger charge is -2.12. The number of carboxylic acids is 1. The first-order valence-corrected chi connectivity index (χ1v) is 8.08. The van der Waals surface area contributed by atoms with Crippen molar-refractivity contribution < 1.29 is 14.6 Å². The van der Waals surface area contributed by atoms with Gasteiger partial charge in [-0.3, -0.25) is 4.79 Å². The van der Waals surface area contributed by atoms with E-state index in [4.69, 9.17) is 33.0 Å². The van der Waals surface area contributed by atoms with Crippen molar-refractivity contribution in [2.24, 2.45) is 0 Å². The standard InChI is InChI=1S/C16H13BrCl2O3/c17-12-7-10(5-6-15(20)21)8-14(19)16(12)22-9-11-3-1-2-4-13(11)18/h1-4,7-8H,5-6,9H2,(H,20,21). The molecular weight excluding hydrogens is 391 g/mol. The molecule has 22 heavy (non-hydrogen) atoms. The van der Waals surface area contributed by atoms with Crippen LogP contribution in [0, 0.1) is 0 Å². The molecule has 0 saturated carbocycles. The molecule has 0 saturated heterocycles. The van der Waals surface area contributed by atoms with E-state index in [1.807, 2.05) is 24.3 Å². The first-order chi connectivity index (χ1) is 10.5. The second kappa shape index (κ2) is 7.86. The van der Waals surface area contributed by atoms with E-state index in [9.17, 15) is 4.79 Å². The van der Waals surface area contributed by atoms with Crippen LogP contribution in [-0.2, 0) is 17.8 Å². The quantitative estimate of drug-likeness (QED) is 0.706. The molecule has 6 heteroatoms. The van der Waals surface area contributed by atoms with E-state index in [2.05, 4.69) is 15.9 Å². The molecule has 0 heterocycles. The highest BCUT2D eigenvalue weighted by Gasteiger charge is 2.11. The van der Waals surface area contributed by atoms with Crippen molar-refractivity contribution in [2.45, 2.75) is 19.4 Å². The zero-order chi connectivity index (χ0) is 16.1. The lowest BCUT2D eigenvalue weighted by Crippen LogP contribution is -2.00. The van der Waals surface area contributed by atoms with E-state index in [-0.39, 0.29) is 6.42 Å². The van der Waals surface area contributed by atoms with E-state index < -0.39 is 5.97 Å². The van der Waals surface area contributed by atoms with E-state index in [0.717, 1.165) is 11.1 Å². The van der Waals surface area contributed by atoms with Crippen LogP contribution in [0.4, 0.5) is 0 Å². The van der Waals surface area contributed by atoms with Gasteiger partial charge in [0.25, 0.3) is 0 Å². The Morgan fingerprint density at radius 1 is 1.18 bits per heavy atom. The number of hydrogen-bond donors (Lipinski definition) is 1. The zero-order valence-corrected chi connectivity index (χ0v) is 14.6. The molecule has 0 atom stereocenters. The maximum atomic E-state index is 10.6. The van der Waals surface area contributed by atoms with Crippen LogP contribution < -0.4 is 4.74 Å². The van der Waals surface area contributed by atoms with Crippen molar-refractivity contribution in [1.82, 2.24) is 0 Å². The van der Waals surface area contributed by atoms with Crippen LogP contribution in [0.3, 0.4) is 0 Å². The number of carboxylic acid groups (broad SMARTS) is 1. The van der Waals surface area contributed by atoms with Gasteiger partial charge in [-0.2, -0.15) is 0 Å². The first-order valence-electron chi connectivity index (χ1n) is 6.53. The van der Waals surface area contributed by atoms with Gasteiger partial charge in [-0.1, -0.05) is 41.4 Å². The molecular formula is C16H13BrCl2O3. The van der Waals surface area contributed by atoms with Gasteiger partial charge in [-0.25, -0.2) is 0 Å². The number of carbonyl (C=O) groups is 1. The number of benzene rings is 2. The third kappa shape index (κ3) is 4.63. The van der Waals surface area contributed by atoms with Crippen LogP contribution in [0.2, 0.25) is 10.0 Å². The number of halogens is 3. The normalized spacial score (nSPS) is 10.5. The molecule has 0 bridgehead atoms. The maximum absolute atomic E-state index is 10.6. The van der Waals surface area contributed by atoms with Crippen molar-refractivity contribution in [3.63, 3.8) is 0 Å². The second-order valence-corrected chi connectivity index (χ2v) is 6.33. The molecule has 116 valence electrons. The molecule has 1 N–H and O–H groups in total. The van der Waals surface area contributed by atoms with Gasteiger partial charge in [0.2, 0.25) is 0 Å². The highest BCUT2D eigenvalue weighted by molar-refractivity contribution is 9.10. The van der Waals surface area contributed by atoms with Crippen LogP contribution in [0.5, 0.6) is 5.75 Å². The Hall–Kier alpha value is -1.23. The van der Waals surface area contributed by atoms with Crippen LogP contribution in [0.15, 0.2) is 40.9 Å². The largest absolute Gasteiger partial charge is 0.486 e. The molecule has 0 fully saturated rings. The van der Waals surface area contributed by atoms with Crippen molar-refractivity contribution in [2.75, 3.05) is 0 Å². The molecule has 0 aliphatic carbocycles. The van der Waals surface area contributed by atoms with Crippen molar-refractivity contribution in [3.8, 4) is 5.75 Å². The number of aliphatic carboxylic acids is 1. The minimum Gasteiger partial charge on any atom is -0.486 e. The average Bonchev–Trinajstić information content (AvgIpc) is 2.46. The summed E-state index contributed by atoms with van der Waals surface area (Å²) in [5.41, 5.74) is 1.70. The van der Waals surface area contributed by atoms with Crippen molar-refractivity contribution >= 4 is 45.1 Å². The summed E-state index contributed by atoms with van der Waals surface area (Å²) in [4.78, 5) is 10.6. The molecule has 2 aromatic rings. The zero-order valence-electron chi connectivity index (χ0n) is 11.5. The predicted octanol–water partition coefficient (Wildman–Crippen LogP) is 5.35. The summed E-state index contributed by atoms with van der Waals surface area (Å²) >= 11 is 15.7. The number of aryl methyl sites for hydroxylation is 1. The summed E-state index contributed by atoms with van der Waals surface area (Å²) in [5.74, 6) is -0.327. The Balaban J connectivity index is 2.11. The molecule has 2 aromatic carbocycles. The van der Waals surface area contributed by atoms with Crippen LogP contribution >= 0.6 is 39.1 Å². The summed E-state index contributed by atoms with van der Waals surface area (Å²) < 4.78 is 6.42. The Kier molecular flexibility index (Phi) is 6.12. The topological polar surface area (TPSA) is 46.5 Å². The van der Waals surface area contributed by atoms with Gasteiger partial charge in [0, 0.05) is 17.0 Å². The molecule has 3 nitrogen and oxygen atoms in total. The number of rotatable bonds is 6. The highest BCUT2D eigenvalue weighted by Crippen LogP contribution is 2.35. The Morgan fingerprint density at radius 2 is 1.91 bits per heavy atom. The molecule has 0 radical (unpaired) electrons. The lowest BCUT2D eigenvalue weighted by molar-refractivity contribution is -0.136. The van der Waals surface area contributed by atoms with Gasteiger partial charge in [0.15, 0.2) is 5.75 Å². The minimum atomic E-state index is -0.841. The predicted molar refractivity (Wildman–Crippen MR) is 90.9 cm³/mol. The first kappa shape index (κ1) is 17.1. The summed E-state index contributed by atoms with van der Waals surface area (Å²) in [6, 6.07) is 11.0. The van der Waals surface area contributed by atoms with Crippen molar-refractivity contribution in [3.05, 3.63) is 62.0 Å². The average molecular weight is 404 g/mol. The molecule has 0 aliphatic rings. The third-order valence-corrected chi connectivity index (χ3v) is 4.25. The highest BCUT2D eigenvalue weighted by atomic mass is 79.9. The molecule has 0 spiro atoms. The van der Waals surface area contributed by atoms with E-state index in [1.54, 1.807) is 12.1 Å². The van der Waals surface area contributed by atoms with Crippen LogP contribution in [0.25, 0.3) is 0 Å². The maximum Gasteiger partial charge on any atom is 0.303 e. The lowest BCUT2D eigenvalue weighted by atomic mass is 10.1. The van der Waals surface area contributed by atoms with E-state index in [0.29, 0.717) is 33.3 Å². The molecule has 0 unspecified atom stereocenters. The van der Waals surface area contributed by atoms with Gasteiger partial charge >= 0.3 is 5.97 Å². The van der Waals surface area contributed by atoms with Gasteiger partial charge in [0.1, 0.15) is 6.61 Å². The smallest absolute Gasteiger partial charge is 0.303 e. The summed E-state index contributed by atoms with van der Waals surface area (Å²) in [6.07, 6.45) is 0.473. The molecule has 2 rings (SSSR count). The van der Waals surface area contributed by atoms with Gasteiger partial charge < -0.3 is 9.84 Å². The van der Waals surface area contributed by atoms with Gasteiger partial charge in [0.05, 0.1) is 9.50 Å². The number of ether oxygens (including phenoxy) is 1. The number of hydrogen-bond acceptors (Lipinski definition) is 2. The summed E-state index contributed by atoms with van der Waals surface area (Å²) in [7, 11) is 0. The monoisotopic (exact) mass is 402 g/mol. The summed E-state index contributed by atoms with van der Waals surface area (Å²) in [6.45, 7) is 0.298. The Morgan fingerprint density at radius 3 is 2.55 bits per heavy atom. The van der Waals surface area contributed by atoms with E-state index >= 15 is 0 Å². The second-order valence-electron chi connectivity index (χ2n) is 4.66. The van der Waals surface area contributed by atoms with Crippen LogP contribution in [-0.4, -0.2) is 11.1 Å². The molecule has 0 aliphatic heterocycles. The van der Waals surface area contributed by atoms with Crippen molar-refractivity contribution in [1.29, 1.82) is 0 Å². The fourth-order valence-electron chi connectivity index (χ4n) is 1.91. The fourth-order valence-corrected chi connectivity index (χ4v) is 3.13. The summed E-state index contributed by atoms with van der Waals surface area (Å²) in [5, 5.41) is 9.79. The minimum absolute atomic E-state index is 0.0581. The molecule has 0 aromatic heterocycles. The Bertz CT molecular complexity index is 666. The van der Waals surface area contributed by atoms with E-state index in [1.165, 1.54) is 0 Å².